The number of aryl methyl sites for hydroxylation is 1. The molecule has 0 saturated heterocycles. The fraction of sp³-hybridized carbons (Fsp3) is 0.0968. The quantitative estimate of drug-likeness (QED) is 0.0986. The molecule has 0 aliphatic heterocycles. The van der Waals surface area contributed by atoms with E-state index in [9.17, 15) is 30.7 Å². The van der Waals surface area contributed by atoms with Gasteiger partial charge >= 0.3 is 6.11 Å². The highest BCUT2D eigenvalue weighted by molar-refractivity contribution is 5.65. The first kappa shape index (κ1) is 27.5. The van der Waals surface area contributed by atoms with Crippen molar-refractivity contribution in [3.8, 4) is 28.7 Å². The molecule has 1 nitrogen and oxygen atoms in total. The van der Waals surface area contributed by atoms with E-state index in [1.165, 1.54) is 5.56 Å². The first-order chi connectivity index (χ1) is 18.6. The van der Waals surface area contributed by atoms with E-state index >= 15 is 0 Å². The van der Waals surface area contributed by atoms with Gasteiger partial charge in [0.2, 0.25) is 0 Å². The first-order valence-corrected chi connectivity index (χ1v) is 11.6. The maximum atomic E-state index is 14.5. The molecule has 0 amide bonds. The van der Waals surface area contributed by atoms with Gasteiger partial charge in [-0.05, 0) is 53.8 Å². The molecular weight excluding hydrogens is 521 g/mol. The summed E-state index contributed by atoms with van der Waals surface area (Å²) in [6.45, 7) is 3.71. The molecule has 0 saturated carbocycles. The lowest BCUT2D eigenvalue weighted by molar-refractivity contribution is -0.189. The van der Waals surface area contributed by atoms with Crippen LogP contribution in [0.25, 0.3) is 11.1 Å². The average Bonchev–Trinajstić information content (AvgIpc) is 2.89. The van der Waals surface area contributed by atoms with Crippen LogP contribution < -0.4 is 4.74 Å². The Balaban J connectivity index is 1.51. The van der Waals surface area contributed by atoms with E-state index in [-0.39, 0.29) is 17.7 Å². The molecule has 0 radical (unpaired) electrons. The predicted molar refractivity (Wildman–Crippen MR) is 134 cm³/mol. The number of allylic oxidation sites excluding steroid dienone is 1. The Bertz CT molecular complexity index is 1520. The van der Waals surface area contributed by atoms with Crippen molar-refractivity contribution in [3.63, 3.8) is 0 Å². The van der Waals surface area contributed by atoms with Crippen molar-refractivity contribution in [3.05, 3.63) is 137 Å². The lowest BCUT2D eigenvalue weighted by Gasteiger charge is -2.19. The van der Waals surface area contributed by atoms with Crippen LogP contribution in [-0.4, -0.2) is 0 Å². The second kappa shape index (κ2) is 11.5. The summed E-state index contributed by atoms with van der Waals surface area (Å²) in [6.07, 6.45) is -1.02. The molecule has 198 valence electrons. The van der Waals surface area contributed by atoms with Crippen molar-refractivity contribution in [1.82, 2.24) is 0 Å². The molecule has 0 heterocycles. The Morgan fingerprint density at radius 3 is 1.74 bits per heavy atom. The van der Waals surface area contributed by atoms with E-state index in [4.69, 9.17) is 0 Å². The van der Waals surface area contributed by atoms with Gasteiger partial charge in [0.25, 0.3) is 0 Å². The van der Waals surface area contributed by atoms with E-state index in [0.29, 0.717) is 17.7 Å². The molecule has 8 heteroatoms. The summed E-state index contributed by atoms with van der Waals surface area (Å²) in [4.78, 5) is 0. The van der Waals surface area contributed by atoms with Crippen LogP contribution in [-0.2, 0) is 12.5 Å². The molecule has 0 aliphatic rings. The number of hydrogen-bond donors (Lipinski definition) is 0. The Morgan fingerprint density at radius 2 is 1.21 bits per heavy atom. The zero-order valence-electron chi connectivity index (χ0n) is 20.2. The maximum absolute atomic E-state index is 14.5. The smallest absolute Gasteiger partial charge is 0.429 e. The first-order valence-electron chi connectivity index (χ1n) is 11.6. The molecule has 39 heavy (non-hydrogen) atoms. The Hall–Kier alpha value is -4.51. The fourth-order valence-corrected chi connectivity index (χ4v) is 3.74. The molecule has 0 spiro atoms. The molecule has 0 aliphatic carbocycles. The number of alkyl halides is 2. The number of ether oxygens (including phenoxy) is 1. The molecule has 0 N–H and O–H groups in total. The SMILES string of the molecule is C=CCCc1ccc(-c2ccc(C#Cc3cc(F)c(C(F)(F)Oc4cc(F)c(F)c(F)c4)c(F)c3)cc2)cc1. The van der Waals surface area contributed by atoms with Crippen molar-refractivity contribution < 1.29 is 35.5 Å². The summed E-state index contributed by atoms with van der Waals surface area (Å²) < 4.78 is 102. The lowest BCUT2D eigenvalue weighted by atomic mass is 10.0. The second-order valence-electron chi connectivity index (χ2n) is 8.49. The number of hydrogen-bond acceptors (Lipinski definition) is 1. The molecular formula is C31H19F7O. The van der Waals surface area contributed by atoms with Gasteiger partial charge in [0.15, 0.2) is 17.5 Å². The van der Waals surface area contributed by atoms with Crippen molar-refractivity contribution in [2.45, 2.75) is 19.0 Å². The van der Waals surface area contributed by atoms with E-state index in [1.807, 2.05) is 42.5 Å². The van der Waals surface area contributed by atoms with Crippen molar-refractivity contribution in [2.75, 3.05) is 0 Å². The van der Waals surface area contributed by atoms with Gasteiger partial charge in [-0.1, -0.05) is 54.3 Å². The van der Waals surface area contributed by atoms with Gasteiger partial charge in [0.05, 0.1) is 0 Å². The van der Waals surface area contributed by atoms with E-state index in [0.717, 1.165) is 24.0 Å². The molecule has 4 aromatic carbocycles. The Labute approximate surface area is 220 Å². The maximum Gasteiger partial charge on any atom is 0.432 e. The van der Waals surface area contributed by atoms with Crippen LogP contribution in [0.1, 0.15) is 28.7 Å². The van der Waals surface area contributed by atoms with Crippen molar-refractivity contribution in [2.24, 2.45) is 0 Å². The zero-order valence-corrected chi connectivity index (χ0v) is 20.2. The third-order valence-electron chi connectivity index (χ3n) is 5.70. The minimum absolute atomic E-state index is 0.132. The third-order valence-corrected chi connectivity index (χ3v) is 5.70. The number of benzene rings is 4. The second-order valence-corrected chi connectivity index (χ2v) is 8.49. The monoisotopic (exact) mass is 540 g/mol. The number of rotatable bonds is 7. The van der Waals surface area contributed by atoms with Gasteiger partial charge in [0.1, 0.15) is 22.9 Å². The van der Waals surface area contributed by atoms with Crippen LogP contribution in [0, 0.1) is 40.9 Å². The van der Waals surface area contributed by atoms with Gasteiger partial charge in [-0.15, -0.1) is 6.58 Å². The molecule has 0 atom stereocenters. The zero-order chi connectivity index (χ0) is 28.2. The van der Waals surface area contributed by atoms with Gasteiger partial charge in [-0.3, -0.25) is 0 Å². The van der Waals surface area contributed by atoms with Crippen LogP contribution in [0.5, 0.6) is 5.75 Å². The molecule has 0 bridgehead atoms. The molecule has 0 unspecified atom stereocenters. The minimum atomic E-state index is -4.67. The molecule has 0 aromatic heterocycles. The summed E-state index contributed by atoms with van der Waals surface area (Å²) in [7, 11) is 0. The Kier molecular flexibility index (Phi) is 8.10. The van der Waals surface area contributed by atoms with Gasteiger partial charge in [-0.25, -0.2) is 22.0 Å². The van der Waals surface area contributed by atoms with Crippen molar-refractivity contribution in [1.29, 1.82) is 0 Å². The molecule has 4 aromatic rings. The van der Waals surface area contributed by atoms with Crippen LogP contribution in [0.4, 0.5) is 30.7 Å². The highest BCUT2D eigenvalue weighted by Gasteiger charge is 2.41. The standard InChI is InChI=1S/C31H19F7O/c1-2-3-4-19-7-11-22(12-8-19)23-13-9-20(10-14-23)5-6-21-15-25(32)29(26(33)16-21)31(37,38)39-24-17-27(34)30(36)28(35)18-24/h2,7-18H,1,3-4H2. The minimum Gasteiger partial charge on any atom is -0.429 e. The topological polar surface area (TPSA) is 9.23 Å². The van der Waals surface area contributed by atoms with E-state index in [1.54, 1.807) is 12.1 Å². The average molecular weight is 540 g/mol. The highest BCUT2D eigenvalue weighted by atomic mass is 19.3. The largest absolute Gasteiger partial charge is 0.432 e. The van der Waals surface area contributed by atoms with E-state index in [2.05, 4.69) is 23.2 Å². The van der Waals surface area contributed by atoms with Gasteiger partial charge in [-0.2, -0.15) is 8.78 Å². The van der Waals surface area contributed by atoms with Gasteiger partial charge in [0, 0.05) is 23.3 Å². The highest BCUT2D eigenvalue weighted by Crippen LogP contribution is 2.36. The number of halogens is 7. The van der Waals surface area contributed by atoms with Crippen LogP contribution in [0.3, 0.4) is 0 Å². The van der Waals surface area contributed by atoms with Gasteiger partial charge < -0.3 is 4.74 Å². The van der Waals surface area contributed by atoms with Crippen LogP contribution in [0.2, 0.25) is 0 Å². The third kappa shape index (κ3) is 6.50. The van der Waals surface area contributed by atoms with Crippen molar-refractivity contribution >= 4 is 0 Å². The molecule has 0 fully saturated rings. The predicted octanol–water partition coefficient (Wildman–Crippen LogP) is 8.70. The summed E-state index contributed by atoms with van der Waals surface area (Å²) in [6, 6.07) is 16.5. The van der Waals surface area contributed by atoms with Crippen LogP contribution in [0.15, 0.2) is 85.5 Å². The summed E-state index contributed by atoms with van der Waals surface area (Å²) >= 11 is 0. The summed E-state index contributed by atoms with van der Waals surface area (Å²) in [5.74, 6) is -4.85. The Morgan fingerprint density at radius 1 is 0.692 bits per heavy atom. The lowest BCUT2D eigenvalue weighted by Crippen LogP contribution is -2.25. The fourth-order valence-electron chi connectivity index (χ4n) is 3.74. The summed E-state index contributed by atoms with van der Waals surface area (Å²) in [5, 5.41) is 0. The van der Waals surface area contributed by atoms with E-state index < -0.39 is 46.5 Å². The summed E-state index contributed by atoms with van der Waals surface area (Å²) in [5.41, 5.74) is 1.60. The normalized spacial score (nSPS) is 11.1. The molecule has 4 rings (SSSR count). The van der Waals surface area contributed by atoms with Crippen LogP contribution >= 0.6 is 0 Å².